The summed E-state index contributed by atoms with van der Waals surface area (Å²) in [7, 11) is 0. The molecule has 21 heavy (non-hydrogen) atoms. The van der Waals surface area contributed by atoms with Crippen molar-refractivity contribution in [1.29, 1.82) is 0 Å². The smallest absolute Gasteiger partial charge is 0.305 e. The number of hydrogen-bond acceptors (Lipinski definition) is 3. The summed E-state index contributed by atoms with van der Waals surface area (Å²) in [6.07, 6.45) is 2.96. The van der Waals surface area contributed by atoms with Gasteiger partial charge in [-0.15, -0.1) is 0 Å². The van der Waals surface area contributed by atoms with Gasteiger partial charge in [0.1, 0.15) is 0 Å². The molecule has 1 saturated heterocycles. The van der Waals surface area contributed by atoms with E-state index in [1.54, 1.807) is 0 Å². The van der Waals surface area contributed by atoms with E-state index in [4.69, 9.17) is 5.11 Å². The molecule has 1 fully saturated rings. The molecule has 5 heteroatoms. The van der Waals surface area contributed by atoms with Crippen LogP contribution >= 0.6 is 0 Å². The van der Waals surface area contributed by atoms with Crippen LogP contribution in [0.4, 0.5) is 0 Å². The van der Waals surface area contributed by atoms with E-state index in [1.807, 2.05) is 18.2 Å². The monoisotopic (exact) mass is 290 g/mol. The number of rotatable bonds is 6. The normalized spacial score (nSPS) is 19.1. The number of hydrogen-bond donors (Lipinski definition) is 2. The minimum atomic E-state index is -0.889. The number of aliphatic carboxylic acids is 1. The van der Waals surface area contributed by atoms with Crippen molar-refractivity contribution < 1.29 is 14.7 Å². The van der Waals surface area contributed by atoms with Crippen LogP contribution in [0.3, 0.4) is 0 Å². The predicted octanol–water partition coefficient (Wildman–Crippen LogP) is 1.63. The molecule has 1 aromatic rings. The van der Waals surface area contributed by atoms with Crippen molar-refractivity contribution in [2.45, 2.75) is 38.3 Å². The van der Waals surface area contributed by atoms with Gasteiger partial charge < -0.3 is 10.4 Å². The number of nitrogens with zero attached hydrogens (tertiary/aromatic N) is 1. The van der Waals surface area contributed by atoms with Crippen molar-refractivity contribution in [3.05, 3.63) is 35.9 Å². The Bertz CT molecular complexity index is 476. The van der Waals surface area contributed by atoms with E-state index in [0.29, 0.717) is 0 Å². The highest BCUT2D eigenvalue weighted by Gasteiger charge is 2.28. The van der Waals surface area contributed by atoms with E-state index in [0.717, 1.165) is 32.4 Å². The van der Waals surface area contributed by atoms with Crippen molar-refractivity contribution >= 4 is 11.9 Å². The zero-order valence-electron chi connectivity index (χ0n) is 12.1. The topological polar surface area (TPSA) is 69.6 Å². The van der Waals surface area contributed by atoms with E-state index in [1.165, 1.54) is 5.56 Å². The van der Waals surface area contributed by atoms with E-state index in [9.17, 15) is 9.59 Å². The maximum Gasteiger partial charge on any atom is 0.305 e. The second-order valence-electron chi connectivity index (χ2n) is 5.40. The molecule has 114 valence electrons. The van der Waals surface area contributed by atoms with E-state index < -0.39 is 5.97 Å². The standard InChI is InChI=1S/C16H22N2O3/c19-15(20)9-10-17-16(21)14-8-4-5-11-18(14)12-13-6-2-1-3-7-13/h1-3,6-7,14H,4-5,8-12H2,(H,17,21)(H,19,20)/t14-/m1/s1. The quantitative estimate of drug-likeness (QED) is 0.835. The zero-order valence-corrected chi connectivity index (χ0v) is 12.1. The average Bonchev–Trinajstić information content (AvgIpc) is 2.48. The summed E-state index contributed by atoms with van der Waals surface area (Å²) in [5.74, 6) is -0.938. The largest absolute Gasteiger partial charge is 0.481 e. The highest BCUT2D eigenvalue weighted by Crippen LogP contribution is 2.19. The van der Waals surface area contributed by atoms with E-state index in [2.05, 4.69) is 22.3 Å². The SMILES string of the molecule is O=C(O)CCNC(=O)[C@H]1CCCCN1Cc1ccccc1. The number of amides is 1. The third kappa shape index (κ3) is 4.86. The van der Waals surface area contributed by atoms with Crippen molar-refractivity contribution in [2.75, 3.05) is 13.1 Å². The van der Waals surface area contributed by atoms with E-state index in [-0.39, 0.29) is 24.9 Å². The number of carbonyl (C=O) groups excluding carboxylic acids is 1. The number of piperidine rings is 1. The van der Waals surface area contributed by atoms with Gasteiger partial charge in [0.25, 0.3) is 0 Å². The Kier molecular flexibility index (Phi) is 5.75. The molecule has 2 rings (SSSR count). The maximum atomic E-state index is 12.2. The molecule has 0 bridgehead atoms. The average molecular weight is 290 g/mol. The summed E-state index contributed by atoms with van der Waals surface area (Å²) in [5, 5.41) is 11.4. The van der Waals surface area contributed by atoms with Gasteiger partial charge in [0.2, 0.25) is 5.91 Å². The van der Waals surface area contributed by atoms with Gasteiger partial charge in [-0.1, -0.05) is 36.8 Å². The van der Waals surface area contributed by atoms with Gasteiger partial charge in [-0.05, 0) is 24.9 Å². The first-order valence-corrected chi connectivity index (χ1v) is 7.44. The van der Waals surface area contributed by atoms with Crippen LogP contribution in [0.15, 0.2) is 30.3 Å². The number of carboxylic acids is 1. The van der Waals surface area contributed by atoms with Crippen molar-refractivity contribution in [2.24, 2.45) is 0 Å². The number of carboxylic acid groups (broad SMARTS) is 1. The van der Waals surface area contributed by atoms with Crippen molar-refractivity contribution in [3.8, 4) is 0 Å². The van der Waals surface area contributed by atoms with Crippen molar-refractivity contribution in [3.63, 3.8) is 0 Å². The van der Waals surface area contributed by atoms with Crippen LogP contribution in [0, 0.1) is 0 Å². The Balaban J connectivity index is 1.91. The van der Waals surface area contributed by atoms with Crippen LogP contribution in [-0.4, -0.2) is 41.0 Å². The summed E-state index contributed by atoms with van der Waals surface area (Å²) >= 11 is 0. The Morgan fingerprint density at radius 2 is 2.00 bits per heavy atom. The Hall–Kier alpha value is -1.88. The molecule has 2 N–H and O–H groups in total. The van der Waals surface area contributed by atoms with Gasteiger partial charge >= 0.3 is 5.97 Å². The van der Waals surface area contributed by atoms with Crippen LogP contribution in [0.2, 0.25) is 0 Å². The van der Waals surface area contributed by atoms with Gasteiger partial charge in [-0.25, -0.2) is 0 Å². The van der Waals surface area contributed by atoms with Gasteiger partial charge in [0, 0.05) is 13.1 Å². The van der Waals surface area contributed by atoms with E-state index >= 15 is 0 Å². The minimum absolute atomic E-state index is 0.0306. The molecule has 1 aromatic carbocycles. The second-order valence-corrected chi connectivity index (χ2v) is 5.40. The first-order valence-electron chi connectivity index (χ1n) is 7.44. The molecule has 0 aliphatic carbocycles. The minimum Gasteiger partial charge on any atom is -0.481 e. The molecule has 0 aromatic heterocycles. The summed E-state index contributed by atoms with van der Waals surface area (Å²) in [5.41, 5.74) is 1.20. The number of nitrogens with one attached hydrogen (secondary N) is 1. The summed E-state index contributed by atoms with van der Waals surface area (Å²) in [6.45, 7) is 1.87. The Labute approximate surface area is 125 Å². The lowest BCUT2D eigenvalue weighted by Crippen LogP contribution is -2.49. The zero-order chi connectivity index (χ0) is 15.1. The molecule has 1 heterocycles. The second kappa shape index (κ2) is 7.78. The molecule has 1 aliphatic rings. The fourth-order valence-electron chi connectivity index (χ4n) is 2.71. The highest BCUT2D eigenvalue weighted by atomic mass is 16.4. The summed E-state index contributed by atoms with van der Waals surface area (Å²) in [6, 6.07) is 9.97. The molecule has 1 aliphatic heterocycles. The summed E-state index contributed by atoms with van der Waals surface area (Å²) in [4.78, 5) is 24.9. The third-order valence-corrected chi connectivity index (χ3v) is 3.78. The molecule has 0 saturated carbocycles. The molecule has 0 unspecified atom stereocenters. The Morgan fingerprint density at radius 3 is 2.71 bits per heavy atom. The van der Waals surface area contributed by atoms with Gasteiger partial charge in [-0.2, -0.15) is 0 Å². The third-order valence-electron chi connectivity index (χ3n) is 3.78. The number of benzene rings is 1. The number of carbonyl (C=O) groups is 2. The highest BCUT2D eigenvalue weighted by molar-refractivity contribution is 5.82. The Morgan fingerprint density at radius 1 is 1.24 bits per heavy atom. The number of likely N-dealkylation sites (tertiary alicyclic amines) is 1. The van der Waals surface area contributed by atoms with Gasteiger partial charge in [0.15, 0.2) is 0 Å². The fraction of sp³-hybridized carbons (Fsp3) is 0.500. The fourth-order valence-corrected chi connectivity index (χ4v) is 2.71. The summed E-state index contributed by atoms with van der Waals surface area (Å²) < 4.78 is 0. The first-order chi connectivity index (χ1) is 10.2. The van der Waals surface area contributed by atoms with Gasteiger partial charge in [0.05, 0.1) is 12.5 Å². The molecule has 1 atom stereocenters. The van der Waals surface area contributed by atoms with Crippen LogP contribution in [0.5, 0.6) is 0 Å². The van der Waals surface area contributed by atoms with Crippen LogP contribution < -0.4 is 5.32 Å². The van der Waals surface area contributed by atoms with Crippen molar-refractivity contribution in [1.82, 2.24) is 10.2 Å². The first kappa shape index (κ1) is 15.5. The molecular formula is C16H22N2O3. The van der Waals surface area contributed by atoms with Crippen LogP contribution in [0.25, 0.3) is 0 Å². The molecular weight excluding hydrogens is 268 g/mol. The molecule has 0 radical (unpaired) electrons. The lowest BCUT2D eigenvalue weighted by Gasteiger charge is -2.34. The van der Waals surface area contributed by atoms with Gasteiger partial charge in [-0.3, -0.25) is 14.5 Å². The maximum absolute atomic E-state index is 12.2. The van der Waals surface area contributed by atoms with Crippen LogP contribution in [0.1, 0.15) is 31.2 Å². The predicted molar refractivity (Wildman–Crippen MR) is 79.8 cm³/mol. The lowest BCUT2D eigenvalue weighted by atomic mass is 10.0. The van der Waals surface area contributed by atoms with Crippen LogP contribution in [-0.2, 0) is 16.1 Å². The molecule has 0 spiro atoms. The molecule has 1 amide bonds. The molecule has 5 nitrogen and oxygen atoms in total. The lowest BCUT2D eigenvalue weighted by molar-refractivity contribution is -0.137.